The smallest absolute Gasteiger partial charge is 0.252 e. The van der Waals surface area contributed by atoms with E-state index < -0.39 is 6.04 Å². The zero-order valence-electron chi connectivity index (χ0n) is 11.7. The summed E-state index contributed by atoms with van der Waals surface area (Å²) in [4.78, 5) is 24.2. The fourth-order valence-electron chi connectivity index (χ4n) is 1.94. The van der Waals surface area contributed by atoms with Crippen LogP contribution < -0.4 is 16.4 Å². The molecule has 0 radical (unpaired) electrons. The molecule has 0 heterocycles. The monoisotopic (exact) mass is 283 g/mol. The van der Waals surface area contributed by atoms with Crippen LogP contribution in [-0.4, -0.2) is 18.9 Å². The minimum absolute atomic E-state index is 0.273. The number of anilines is 1. The van der Waals surface area contributed by atoms with Gasteiger partial charge in [0.15, 0.2) is 0 Å². The first-order chi connectivity index (χ1) is 10.1. The summed E-state index contributed by atoms with van der Waals surface area (Å²) in [6.45, 7) is 0. The molecule has 0 bridgehead atoms. The molecule has 0 aliphatic rings. The number of hydrogen-bond acceptors (Lipinski definition) is 3. The Kier molecular flexibility index (Phi) is 4.56. The summed E-state index contributed by atoms with van der Waals surface area (Å²) in [6, 6.07) is 14.9. The second-order valence-electron chi connectivity index (χ2n) is 4.55. The van der Waals surface area contributed by atoms with Gasteiger partial charge in [-0.15, -0.1) is 0 Å². The van der Waals surface area contributed by atoms with E-state index in [1.165, 1.54) is 7.05 Å². The lowest BCUT2D eigenvalue weighted by Crippen LogP contribution is -2.39. The molecule has 1 atom stereocenters. The quantitative estimate of drug-likeness (QED) is 0.743. The van der Waals surface area contributed by atoms with E-state index in [4.69, 9.17) is 5.73 Å². The van der Waals surface area contributed by atoms with Crippen LogP contribution in [0.2, 0.25) is 0 Å². The molecule has 2 aromatic carbocycles. The average Bonchev–Trinajstić information content (AvgIpc) is 2.53. The number of nitrogens with two attached hydrogens (primary N) is 1. The minimum atomic E-state index is -0.735. The van der Waals surface area contributed by atoms with Crippen LogP contribution in [0.1, 0.15) is 22.0 Å². The van der Waals surface area contributed by atoms with Crippen LogP contribution in [-0.2, 0) is 4.79 Å². The summed E-state index contributed by atoms with van der Waals surface area (Å²) in [5.41, 5.74) is 7.35. The maximum atomic E-state index is 12.2. The highest BCUT2D eigenvalue weighted by molar-refractivity contribution is 5.98. The molecule has 0 fully saturated rings. The van der Waals surface area contributed by atoms with E-state index in [1.807, 2.05) is 18.2 Å². The molecular weight excluding hydrogens is 266 g/mol. The van der Waals surface area contributed by atoms with E-state index in [1.54, 1.807) is 36.4 Å². The van der Waals surface area contributed by atoms with Gasteiger partial charge < -0.3 is 16.4 Å². The highest BCUT2D eigenvalue weighted by Crippen LogP contribution is 2.14. The van der Waals surface area contributed by atoms with Crippen LogP contribution in [0, 0.1) is 0 Å². The molecule has 1 unspecified atom stereocenters. The van der Waals surface area contributed by atoms with Gasteiger partial charge in [0, 0.05) is 18.3 Å². The Morgan fingerprint density at radius 3 is 2.19 bits per heavy atom. The number of hydrogen-bond donors (Lipinski definition) is 3. The van der Waals surface area contributed by atoms with Gasteiger partial charge in [-0.25, -0.2) is 0 Å². The minimum Gasteiger partial charge on any atom is -0.399 e. The van der Waals surface area contributed by atoms with Crippen molar-refractivity contribution in [2.45, 2.75) is 6.04 Å². The fourth-order valence-corrected chi connectivity index (χ4v) is 1.94. The number of amides is 2. The van der Waals surface area contributed by atoms with Gasteiger partial charge in [-0.05, 0) is 29.8 Å². The predicted octanol–water partition coefficient (Wildman–Crippen LogP) is 1.49. The van der Waals surface area contributed by atoms with Crippen LogP contribution in [0.5, 0.6) is 0 Å². The molecule has 5 heteroatoms. The zero-order chi connectivity index (χ0) is 15.2. The van der Waals surface area contributed by atoms with E-state index in [-0.39, 0.29) is 11.8 Å². The zero-order valence-corrected chi connectivity index (χ0v) is 11.7. The summed E-state index contributed by atoms with van der Waals surface area (Å²) >= 11 is 0. The van der Waals surface area contributed by atoms with Crippen molar-refractivity contribution in [3.8, 4) is 0 Å². The molecule has 0 saturated carbocycles. The summed E-state index contributed by atoms with van der Waals surface area (Å²) < 4.78 is 0. The third-order valence-electron chi connectivity index (χ3n) is 3.09. The first-order valence-corrected chi connectivity index (χ1v) is 6.54. The van der Waals surface area contributed by atoms with Crippen LogP contribution >= 0.6 is 0 Å². The van der Waals surface area contributed by atoms with E-state index in [2.05, 4.69) is 10.6 Å². The topological polar surface area (TPSA) is 84.2 Å². The van der Waals surface area contributed by atoms with Crippen molar-refractivity contribution in [3.63, 3.8) is 0 Å². The van der Waals surface area contributed by atoms with Gasteiger partial charge >= 0.3 is 0 Å². The molecule has 0 saturated heterocycles. The normalized spacial score (nSPS) is 11.5. The third kappa shape index (κ3) is 3.60. The van der Waals surface area contributed by atoms with Crippen molar-refractivity contribution in [1.29, 1.82) is 0 Å². The van der Waals surface area contributed by atoms with Crippen molar-refractivity contribution >= 4 is 17.5 Å². The molecule has 21 heavy (non-hydrogen) atoms. The molecule has 2 rings (SSSR count). The lowest BCUT2D eigenvalue weighted by molar-refractivity contribution is -0.122. The van der Waals surface area contributed by atoms with Crippen LogP contribution in [0.4, 0.5) is 5.69 Å². The SMILES string of the molecule is CNC(=O)C(NC(=O)c1ccc(N)cc1)c1ccccc1. The molecule has 0 aliphatic heterocycles. The maximum Gasteiger partial charge on any atom is 0.252 e. The number of carbonyl (C=O) groups excluding carboxylic acids is 2. The molecule has 4 N–H and O–H groups in total. The molecule has 2 aromatic rings. The average molecular weight is 283 g/mol. The lowest BCUT2D eigenvalue weighted by Gasteiger charge is -2.17. The second kappa shape index (κ2) is 6.56. The van der Waals surface area contributed by atoms with E-state index >= 15 is 0 Å². The Bertz CT molecular complexity index is 624. The number of nitrogen functional groups attached to an aromatic ring is 1. The Morgan fingerprint density at radius 1 is 1.00 bits per heavy atom. The largest absolute Gasteiger partial charge is 0.399 e. The first kappa shape index (κ1) is 14.6. The summed E-state index contributed by atoms with van der Waals surface area (Å²) in [7, 11) is 1.54. The van der Waals surface area contributed by atoms with Crippen molar-refractivity contribution in [2.75, 3.05) is 12.8 Å². The van der Waals surface area contributed by atoms with Gasteiger partial charge in [-0.1, -0.05) is 30.3 Å². The highest BCUT2D eigenvalue weighted by atomic mass is 16.2. The molecule has 0 spiro atoms. The van der Waals surface area contributed by atoms with Crippen LogP contribution in [0.3, 0.4) is 0 Å². The number of benzene rings is 2. The predicted molar refractivity (Wildman–Crippen MR) is 81.6 cm³/mol. The highest BCUT2D eigenvalue weighted by Gasteiger charge is 2.21. The number of carbonyl (C=O) groups is 2. The van der Waals surface area contributed by atoms with E-state index in [0.29, 0.717) is 11.3 Å². The Morgan fingerprint density at radius 2 is 1.62 bits per heavy atom. The van der Waals surface area contributed by atoms with Gasteiger partial charge in [-0.2, -0.15) is 0 Å². The van der Waals surface area contributed by atoms with Crippen molar-refractivity contribution in [3.05, 3.63) is 65.7 Å². The van der Waals surface area contributed by atoms with Gasteiger partial charge in [0.25, 0.3) is 5.91 Å². The number of nitrogens with one attached hydrogen (secondary N) is 2. The summed E-state index contributed by atoms with van der Waals surface area (Å²) in [5.74, 6) is -0.600. The molecule has 2 amide bonds. The summed E-state index contributed by atoms with van der Waals surface area (Å²) in [6.07, 6.45) is 0. The first-order valence-electron chi connectivity index (χ1n) is 6.54. The Labute approximate surface area is 123 Å². The van der Waals surface area contributed by atoms with Crippen molar-refractivity contribution in [1.82, 2.24) is 10.6 Å². The molecule has 0 aromatic heterocycles. The van der Waals surface area contributed by atoms with Crippen molar-refractivity contribution in [2.24, 2.45) is 0 Å². The third-order valence-corrected chi connectivity index (χ3v) is 3.09. The molecule has 108 valence electrons. The molecule has 5 nitrogen and oxygen atoms in total. The van der Waals surface area contributed by atoms with E-state index in [9.17, 15) is 9.59 Å². The van der Waals surface area contributed by atoms with Gasteiger partial charge in [0.2, 0.25) is 5.91 Å². The van der Waals surface area contributed by atoms with Crippen molar-refractivity contribution < 1.29 is 9.59 Å². The standard InChI is InChI=1S/C16H17N3O2/c1-18-16(21)14(11-5-3-2-4-6-11)19-15(20)12-7-9-13(17)10-8-12/h2-10,14H,17H2,1H3,(H,18,21)(H,19,20). The molecule has 0 aliphatic carbocycles. The number of likely N-dealkylation sites (N-methyl/N-ethyl adjacent to an activating group) is 1. The Balaban J connectivity index is 2.21. The fraction of sp³-hybridized carbons (Fsp3) is 0.125. The van der Waals surface area contributed by atoms with Crippen LogP contribution in [0.15, 0.2) is 54.6 Å². The number of rotatable bonds is 4. The van der Waals surface area contributed by atoms with Crippen LogP contribution in [0.25, 0.3) is 0 Å². The second-order valence-corrected chi connectivity index (χ2v) is 4.55. The maximum absolute atomic E-state index is 12.2. The Hall–Kier alpha value is -2.82. The summed E-state index contributed by atoms with van der Waals surface area (Å²) in [5, 5.41) is 5.28. The van der Waals surface area contributed by atoms with Gasteiger partial charge in [0.1, 0.15) is 6.04 Å². The van der Waals surface area contributed by atoms with Gasteiger partial charge in [-0.3, -0.25) is 9.59 Å². The van der Waals surface area contributed by atoms with Gasteiger partial charge in [0.05, 0.1) is 0 Å². The molecular formula is C16H17N3O2. The lowest BCUT2D eigenvalue weighted by atomic mass is 10.1. The van der Waals surface area contributed by atoms with E-state index in [0.717, 1.165) is 5.56 Å².